The Hall–Kier alpha value is -4.71. The van der Waals surface area contributed by atoms with Gasteiger partial charge in [0, 0.05) is 48.5 Å². The number of nitrogens with one attached hydrogen (secondary N) is 3. The zero-order valence-electron chi connectivity index (χ0n) is 23.4. The molecule has 0 spiro atoms. The Morgan fingerprint density at radius 1 is 1.12 bits per heavy atom. The molecule has 12 nitrogen and oxygen atoms in total. The number of anilines is 1. The first kappa shape index (κ1) is 29.8. The lowest BCUT2D eigenvalue weighted by molar-refractivity contribution is -0.141. The van der Waals surface area contributed by atoms with E-state index in [0.717, 1.165) is 17.1 Å². The van der Waals surface area contributed by atoms with Gasteiger partial charge in [0.15, 0.2) is 11.5 Å². The summed E-state index contributed by atoms with van der Waals surface area (Å²) < 4.78 is 42.9. The van der Waals surface area contributed by atoms with Crippen LogP contribution in [0.5, 0.6) is 0 Å². The number of halogens is 3. The second-order valence-electron chi connectivity index (χ2n) is 11.0. The van der Waals surface area contributed by atoms with E-state index < -0.39 is 17.8 Å². The van der Waals surface area contributed by atoms with Crippen molar-refractivity contribution in [2.75, 3.05) is 5.32 Å². The highest BCUT2D eigenvalue weighted by Gasteiger charge is 2.39. The second kappa shape index (κ2) is 11.5. The lowest BCUT2D eigenvalue weighted by Crippen LogP contribution is -2.56. The third kappa shape index (κ3) is 6.24. The number of hydrogen-bond donors (Lipinski definition) is 4. The van der Waals surface area contributed by atoms with Crippen LogP contribution in [0.15, 0.2) is 30.6 Å². The van der Waals surface area contributed by atoms with Crippen molar-refractivity contribution in [1.82, 2.24) is 30.0 Å². The van der Waals surface area contributed by atoms with Crippen molar-refractivity contribution in [3.63, 3.8) is 0 Å². The largest absolute Gasteiger partial charge is 0.435 e. The van der Waals surface area contributed by atoms with E-state index in [-0.39, 0.29) is 59.5 Å². The second-order valence-corrected chi connectivity index (χ2v) is 11.0. The fourth-order valence-corrected chi connectivity index (χ4v) is 5.34. The summed E-state index contributed by atoms with van der Waals surface area (Å²) in [5.41, 5.74) is 5.62. The number of rotatable bonds is 8. The smallest absolute Gasteiger partial charge is 0.353 e. The molecule has 2 saturated carbocycles. The van der Waals surface area contributed by atoms with Crippen molar-refractivity contribution in [3.05, 3.63) is 53.2 Å². The predicted molar refractivity (Wildman–Crippen MR) is 147 cm³/mol. The van der Waals surface area contributed by atoms with Gasteiger partial charge in [0.1, 0.15) is 6.54 Å². The summed E-state index contributed by atoms with van der Waals surface area (Å²) in [5, 5.41) is 20.9. The van der Waals surface area contributed by atoms with Gasteiger partial charge in [-0.25, -0.2) is 4.98 Å². The van der Waals surface area contributed by atoms with Gasteiger partial charge in [0.2, 0.25) is 5.91 Å². The van der Waals surface area contributed by atoms with E-state index >= 15 is 0 Å². The molecular weight excluding hydrogens is 567 g/mol. The fraction of sp³-hybridized carbons (Fsp3) is 0.429. The molecule has 0 atom stereocenters. The molecular formula is C28H30F3N9O3. The molecule has 3 aromatic rings. The summed E-state index contributed by atoms with van der Waals surface area (Å²) in [5.74, 6) is -1.10. The van der Waals surface area contributed by atoms with Crippen molar-refractivity contribution in [3.8, 4) is 17.3 Å². The highest BCUT2D eigenvalue weighted by molar-refractivity contribution is 6.03. The number of carbonyl (C=O) groups excluding carboxylic acids is 3. The lowest BCUT2D eigenvalue weighted by Gasteiger charge is -2.39. The fourth-order valence-electron chi connectivity index (χ4n) is 5.34. The Morgan fingerprint density at radius 3 is 2.44 bits per heavy atom. The maximum atomic E-state index is 13.6. The Bertz CT molecular complexity index is 1610. The Kier molecular flexibility index (Phi) is 7.98. The third-order valence-corrected chi connectivity index (χ3v) is 7.82. The van der Waals surface area contributed by atoms with Gasteiger partial charge in [-0.15, -0.1) is 0 Å². The van der Waals surface area contributed by atoms with Gasteiger partial charge >= 0.3 is 6.18 Å². The molecule has 15 heteroatoms. The zero-order valence-corrected chi connectivity index (χ0v) is 23.4. The molecule has 0 unspecified atom stereocenters. The number of imidazole rings is 1. The number of aryl methyl sites for hydroxylation is 1. The normalized spacial score (nSPS) is 21.2. The first-order chi connectivity index (χ1) is 20.3. The van der Waals surface area contributed by atoms with Gasteiger partial charge in [-0.1, -0.05) is 0 Å². The Morgan fingerprint density at radius 2 is 1.81 bits per heavy atom. The molecule has 0 aliphatic heterocycles. The van der Waals surface area contributed by atoms with Gasteiger partial charge in [0.25, 0.3) is 11.8 Å². The van der Waals surface area contributed by atoms with Crippen LogP contribution in [-0.2, 0) is 24.6 Å². The lowest BCUT2D eigenvalue weighted by atomic mass is 9.79. The number of hydrogen-bond acceptors (Lipinski definition) is 7. The van der Waals surface area contributed by atoms with E-state index in [1.807, 2.05) is 0 Å². The van der Waals surface area contributed by atoms with E-state index in [2.05, 4.69) is 26.0 Å². The van der Waals surface area contributed by atoms with Crippen molar-refractivity contribution in [2.45, 2.75) is 63.5 Å². The van der Waals surface area contributed by atoms with Crippen LogP contribution in [0.3, 0.4) is 0 Å². The number of aromatic nitrogens is 4. The minimum Gasteiger partial charge on any atom is -0.353 e. The van der Waals surface area contributed by atoms with Gasteiger partial charge in [0.05, 0.1) is 23.5 Å². The molecule has 2 aliphatic rings. The summed E-state index contributed by atoms with van der Waals surface area (Å²) in [7, 11) is 1.40. The third-order valence-electron chi connectivity index (χ3n) is 7.82. The van der Waals surface area contributed by atoms with Crippen molar-refractivity contribution in [2.24, 2.45) is 18.7 Å². The molecule has 5 N–H and O–H groups in total. The molecule has 0 bridgehead atoms. The number of amides is 3. The summed E-state index contributed by atoms with van der Waals surface area (Å²) in [4.78, 5) is 42.0. The summed E-state index contributed by atoms with van der Waals surface area (Å²) in [6.07, 6.45) is 0.124. The molecule has 0 radical (unpaired) electrons. The van der Waals surface area contributed by atoms with Crippen molar-refractivity contribution < 1.29 is 27.6 Å². The molecule has 2 fully saturated rings. The van der Waals surface area contributed by atoms with Crippen molar-refractivity contribution in [1.29, 1.82) is 5.26 Å². The zero-order chi connectivity index (χ0) is 31.1. The number of carbonyl (C=O) groups is 3. The van der Waals surface area contributed by atoms with Crippen LogP contribution in [0.25, 0.3) is 11.3 Å². The highest BCUT2D eigenvalue weighted by atomic mass is 19.4. The number of nitrogens with two attached hydrogens (primary N) is 1. The minimum absolute atomic E-state index is 0.00472. The van der Waals surface area contributed by atoms with Crippen LogP contribution in [0, 0.1) is 24.2 Å². The van der Waals surface area contributed by atoms with Crippen LogP contribution >= 0.6 is 0 Å². The topological polar surface area (TPSA) is 173 Å². The van der Waals surface area contributed by atoms with E-state index in [4.69, 9.17) is 11.0 Å². The number of alkyl halides is 3. The van der Waals surface area contributed by atoms with Crippen LogP contribution in [-0.4, -0.2) is 55.2 Å². The van der Waals surface area contributed by atoms with E-state index in [1.165, 1.54) is 11.6 Å². The van der Waals surface area contributed by atoms with Gasteiger partial charge < -0.3 is 26.3 Å². The summed E-state index contributed by atoms with van der Waals surface area (Å²) in [6, 6.07) is 6.52. The SMILES string of the molecule is Cc1cc(NC(=O)c2ncc(-c3cn(CC#N)nc3C(F)(F)F)n2C)ccc1C(=O)NC1CC(NC(=O)C2CC(N)C2)C1. The molecule has 2 heterocycles. The van der Waals surface area contributed by atoms with E-state index in [1.54, 1.807) is 31.2 Å². The average molecular weight is 598 g/mol. The first-order valence-electron chi connectivity index (χ1n) is 13.7. The molecule has 3 amide bonds. The molecule has 1 aromatic carbocycles. The van der Waals surface area contributed by atoms with Crippen LogP contribution < -0.4 is 21.7 Å². The molecule has 0 saturated heterocycles. The highest BCUT2D eigenvalue weighted by Crippen LogP contribution is 2.36. The molecule has 2 aliphatic carbocycles. The van der Waals surface area contributed by atoms with Crippen LogP contribution in [0.1, 0.15) is 57.9 Å². The van der Waals surface area contributed by atoms with Crippen molar-refractivity contribution >= 4 is 23.4 Å². The van der Waals surface area contributed by atoms with Gasteiger partial charge in [-0.3, -0.25) is 19.1 Å². The minimum atomic E-state index is -4.78. The van der Waals surface area contributed by atoms with Gasteiger partial charge in [-0.05, 0) is 56.4 Å². The Balaban J connectivity index is 1.19. The monoisotopic (exact) mass is 597 g/mol. The summed E-state index contributed by atoms with van der Waals surface area (Å²) >= 11 is 0. The molecule has 226 valence electrons. The summed E-state index contributed by atoms with van der Waals surface area (Å²) in [6.45, 7) is 1.34. The predicted octanol–water partition coefficient (Wildman–Crippen LogP) is 2.50. The van der Waals surface area contributed by atoms with Gasteiger partial charge in [-0.2, -0.15) is 23.5 Å². The first-order valence-corrected chi connectivity index (χ1v) is 13.7. The average Bonchev–Trinajstić information content (AvgIpc) is 3.49. The van der Waals surface area contributed by atoms with Crippen LogP contribution in [0.4, 0.5) is 18.9 Å². The van der Waals surface area contributed by atoms with Crippen LogP contribution in [0.2, 0.25) is 0 Å². The quantitative estimate of drug-likeness (QED) is 0.309. The number of nitriles is 1. The maximum Gasteiger partial charge on any atom is 0.435 e. The van der Waals surface area contributed by atoms with E-state index in [9.17, 15) is 27.6 Å². The number of nitrogens with zero attached hydrogens (tertiary/aromatic N) is 5. The standard InChI is InChI=1S/C28H30F3N9O3/c1-14-7-17(3-4-20(14)26(42)37-19-10-18(11-19)36-25(41)15-8-16(33)9-15)35-27(43)24-34-12-22(39(24)2)21-13-40(6-5-32)38-23(21)28(29,30)31/h3-4,7,12-13,15-16,18-19H,6,8-11,33H2,1-2H3,(H,35,43)(H,36,41)(H,37,42). The molecule has 43 heavy (non-hydrogen) atoms. The Labute approximate surface area is 244 Å². The maximum absolute atomic E-state index is 13.6. The molecule has 5 rings (SSSR count). The van der Waals surface area contributed by atoms with E-state index in [0.29, 0.717) is 42.5 Å². The molecule has 2 aromatic heterocycles. The number of benzene rings is 1.